The molecule has 1 unspecified atom stereocenters. The average molecular weight is 243 g/mol. The van der Waals surface area contributed by atoms with Crippen LogP contribution in [0, 0.1) is 5.82 Å². The first kappa shape index (κ1) is 10.5. The number of halogens is 2. The lowest BCUT2D eigenvalue weighted by Gasteiger charge is -2.09. The Balaban J connectivity index is 2.34. The highest BCUT2D eigenvalue weighted by Gasteiger charge is 2.12. The quantitative estimate of drug-likeness (QED) is 0.879. The first-order valence-electron chi connectivity index (χ1n) is 4.28. The largest absolute Gasteiger partial charge is 0.318 e. The van der Waals surface area contributed by atoms with Gasteiger partial charge in [-0.2, -0.15) is 0 Å². The second-order valence-electron chi connectivity index (χ2n) is 3.02. The van der Waals surface area contributed by atoms with E-state index in [4.69, 9.17) is 17.3 Å². The van der Waals surface area contributed by atoms with Crippen LogP contribution in [0.1, 0.15) is 16.6 Å². The van der Waals surface area contributed by atoms with Crippen LogP contribution in [0.4, 0.5) is 4.39 Å². The molecule has 0 fully saturated rings. The molecule has 0 aliphatic carbocycles. The Morgan fingerprint density at radius 2 is 2.27 bits per heavy atom. The molecule has 1 atom stereocenters. The first-order chi connectivity index (χ1) is 7.18. The third-order valence-corrected chi connectivity index (χ3v) is 3.19. The third-order valence-electron chi connectivity index (χ3n) is 2.02. The van der Waals surface area contributed by atoms with Crippen molar-refractivity contribution in [1.82, 2.24) is 4.98 Å². The molecule has 0 saturated carbocycles. The molecule has 2 rings (SSSR count). The third kappa shape index (κ3) is 2.17. The van der Waals surface area contributed by atoms with E-state index >= 15 is 0 Å². The maximum atomic E-state index is 13.2. The summed E-state index contributed by atoms with van der Waals surface area (Å²) in [5.74, 6) is -0.457. The Labute approximate surface area is 95.5 Å². The predicted molar refractivity (Wildman–Crippen MR) is 59.6 cm³/mol. The number of nitrogens with zero attached hydrogens (tertiary/aromatic N) is 1. The number of rotatable bonds is 2. The molecule has 1 aromatic carbocycles. The summed E-state index contributed by atoms with van der Waals surface area (Å²) in [5, 5.41) is 2.70. The summed E-state index contributed by atoms with van der Waals surface area (Å²) in [6, 6.07) is 4.16. The van der Waals surface area contributed by atoms with Crippen molar-refractivity contribution in [3.8, 4) is 0 Å². The van der Waals surface area contributed by atoms with Crippen molar-refractivity contribution in [3.63, 3.8) is 0 Å². The van der Waals surface area contributed by atoms with Crippen LogP contribution >= 0.6 is 22.9 Å². The van der Waals surface area contributed by atoms with Gasteiger partial charge in [-0.05, 0) is 17.7 Å². The molecule has 15 heavy (non-hydrogen) atoms. The smallest absolute Gasteiger partial charge is 0.142 e. The van der Waals surface area contributed by atoms with Crippen LogP contribution in [0.2, 0.25) is 5.02 Å². The van der Waals surface area contributed by atoms with E-state index in [1.54, 1.807) is 12.3 Å². The molecular formula is C10H8ClFN2S. The van der Waals surface area contributed by atoms with Crippen molar-refractivity contribution in [2.45, 2.75) is 6.04 Å². The molecule has 0 bridgehead atoms. The number of nitrogens with two attached hydrogens (primary N) is 1. The highest BCUT2D eigenvalue weighted by molar-refractivity contribution is 7.09. The van der Waals surface area contributed by atoms with Gasteiger partial charge in [-0.1, -0.05) is 17.7 Å². The van der Waals surface area contributed by atoms with E-state index in [1.165, 1.54) is 23.5 Å². The molecule has 2 aromatic rings. The Morgan fingerprint density at radius 1 is 1.47 bits per heavy atom. The van der Waals surface area contributed by atoms with E-state index in [-0.39, 0.29) is 5.02 Å². The maximum absolute atomic E-state index is 13.2. The Kier molecular flexibility index (Phi) is 3.00. The average Bonchev–Trinajstić information content (AvgIpc) is 2.74. The molecule has 0 radical (unpaired) electrons. The summed E-state index contributed by atoms with van der Waals surface area (Å²) in [6.45, 7) is 0. The van der Waals surface area contributed by atoms with E-state index in [2.05, 4.69) is 4.98 Å². The lowest BCUT2D eigenvalue weighted by atomic mass is 10.1. The zero-order valence-corrected chi connectivity index (χ0v) is 9.23. The Morgan fingerprint density at radius 3 is 2.87 bits per heavy atom. The van der Waals surface area contributed by atoms with Crippen LogP contribution in [0.15, 0.2) is 29.8 Å². The van der Waals surface area contributed by atoms with Crippen molar-refractivity contribution in [2.75, 3.05) is 0 Å². The molecule has 1 aromatic heterocycles. The SMILES string of the molecule is NC(c1ccc(Cl)c(F)c1)c1nccs1. The van der Waals surface area contributed by atoms with E-state index in [0.717, 1.165) is 5.01 Å². The summed E-state index contributed by atoms with van der Waals surface area (Å²) in [7, 11) is 0. The first-order valence-corrected chi connectivity index (χ1v) is 5.54. The van der Waals surface area contributed by atoms with E-state index < -0.39 is 11.9 Å². The van der Waals surface area contributed by atoms with E-state index in [0.29, 0.717) is 5.56 Å². The number of hydrogen-bond donors (Lipinski definition) is 1. The molecule has 0 saturated heterocycles. The van der Waals surface area contributed by atoms with E-state index in [9.17, 15) is 4.39 Å². The van der Waals surface area contributed by atoms with Crippen LogP contribution in [0.5, 0.6) is 0 Å². The fourth-order valence-electron chi connectivity index (χ4n) is 1.24. The van der Waals surface area contributed by atoms with Crippen LogP contribution < -0.4 is 5.73 Å². The van der Waals surface area contributed by atoms with E-state index in [1.807, 2.05) is 5.38 Å². The Bertz CT molecular complexity index is 458. The highest BCUT2D eigenvalue weighted by Crippen LogP contribution is 2.24. The Hall–Kier alpha value is -0.970. The molecule has 5 heteroatoms. The van der Waals surface area contributed by atoms with Crippen molar-refractivity contribution in [2.24, 2.45) is 5.73 Å². The molecule has 2 N–H and O–H groups in total. The minimum atomic E-state index is -0.457. The summed E-state index contributed by atoms with van der Waals surface area (Å²) in [6.07, 6.45) is 1.67. The molecule has 2 nitrogen and oxygen atoms in total. The minimum absolute atomic E-state index is 0.102. The van der Waals surface area contributed by atoms with Gasteiger partial charge in [0.1, 0.15) is 10.8 Å². The molecular weight excluding hydrogens is 235 g/mol. The van der Waals surface area contributed by atoms with Crippen molar-refractivity contribution in [3.05, 3.63) is 51.2 Å². The number of benzene rings is 1. The number of aromatic nitrogens is 1. The van der Waals surface area contributed by atoms with Gasteiger partial charge in [0.05, 0.1) is 11.1 Å². The summed E-state index contributed by atoms with van der Waals surface area (Å²) in [5.41, 5.74) is 6.59. The van der Waals surface area contributed by atoms with Crippen molar-refractivity contribution >= 4 is 22.9 Å². The van der Waals surface area contributed by atoms with Crippen LogP contribution in [-0.2, 0) is 0 Å². The highest BCUT2D eigenvalue weighted by atomic mass is 35.5. The van der Waals surface area contributed by atoms with Crippen LogP contribution in [0.3, 0.4) is 0 Å². The zero-order chi connectivity index (χ0) is 10.8. The van der Waals surface area contributed by atoms with Gasteiger partial charge in [-0.15, -0.1) is 11.3 Å². The predicted octanol–water partition coefficient (Wildman–Crippen LogP) is 2.98. The van der Waals surface area contributed by atoms with Gasteiger partial charge in [-0.25, -0.2) is 9.37 Å². The minimum Gasteiger partial charge on any atom is -0.318 e. The second-order valence-corrected chi connectivity index (χ2v) is 4.35. The number of hydrogen-bond acceptors (Lipinski definition) is 3. The fraction of sp³-hybridized carbons (Fsp3) is 0.100. The van der Waals surface area contributed by atoms with Gasteiger partial charge >= 0.3 is 0 Å². The molecule has 1 heterocycles. The van der Waals surface area contributed by atoms with Gasteiger partial charge in [0.15, 0.2) is 0 Å². The monoisotopic (exact) mass is 242 g/mol. The van der Waals surface area contributed by atoms with Crippen LogP contribution in [0.25, 0.3) is 0 Å². The second kappa shape index (κ2) is 4.26. The molecule has 78 valence electrons. The van der Waals surface area contributed by atoms with Gasteiger partial charge < -0.3 is 5.73 Å². The van der Waals surface area contributed by atoms with Gasteiger partial charge in [0, 0.05) is 11.6 Å². The lowest BCUT2D eigenvalue weighted by Crippen LogP contribution is -2.11. The fourth-order valence-corrected chi connectivity index (χ4v) is 2.02. The lowest BCUT2D eigenvalue weighted by molar-refractivity contribution is 0.624. The normalized spacial score (nSPS) is 12.7. The van der Waals surface area contributed by atoms with Gasteiger partial charge in [0.25, 0.3) is 0 Å². The standard InChI is InChI=1S/C10H8ClFN2S/c11-7-2-1-6(5-8(7)12)9(13)10-14-3-4-15-10/h1-5,9H,13H2. The maximum Gasteiger partial charge on any atom is 0.142 e. The van der Waals surface area contributed by atoms with Crippen molar-refractivity contribution in [1.29, 1.82) is 0 Å². The van der Waals surface area contributed by atoms with Crippen molar-refractivity contribution < 1.29 is 4.39 Å². The number of thiazole rings is 1. The molecule has 0 aliphatic heterocycles. The van der Waals surface area contributed by atoms with Crippen LogP contribution in [-0.4, -0.2) is 4.98 Å². The van der Waals surface area contributed by atoms with Gasteiger partial charge in [0.2, 0.25) is 0 Å². The molecule has 0 aliphatic rings. The molecule has 0 spiro atoms. The molecule has 0 amide bonds. The summed E-state index contributed by atoms with van der Waals surface area (Å²) >= 11 is 7.03. The summed E-state index contributed by atoms with van der Waals surface area (Å²) < 4.78 is 13.2. The zero-order valence-electron chi connectivity index (χ0n) is 7.65. The topological polar surface area (TPSA) is 38.9 Å². The van der Waals surface area contributed by atoms with Gasteiger partial charge in [-0.3, -0.25) is 0 Å². The summed E-state index contributed by atoms with van der Waals surface area (Å²) in [4.78, 5) is 4.08.